The standard InChI is InChI=1S/C14H19NOS/c1-13-6-4-7-14(12-13)16-9-2-3-10-17-11-5-8-15/h4,6-7,12H,2-3,5,9-11H2,1H3. The zero-order chi connectivity index (χ0) is 12.3. The topological polar surface area (TPSA) is 33.0 Å². The Morgan fingerprint density at radius 1 is 1.29 bits per heavy atom. The number of thioether (sulfide) groups is 1. The van der Waals surface area contributed by atoms with Crippen LogP contribution in [0.4, 0.5) is 0 Å². The van der Waals surface area contributed by atoms with Gasteiger partial charge in [0, 0.05) is 12.2 Å². The van der Waals surface area contributed by atoms with E-state index in [9.17, 15) is 0 Å². The Morgan fingerprint density at radius 3 is 2.94 bits per heavy atom. The van der Waals surface area contributed by atoms with Gasteiger partial charge in [-0.1, -0.05) is 12.1 Å². The fourth-order valence-electron chi connectivity index (χ4n) is 1.42. The zero-order valence-electron chi connectivity index (χ0n) is 10.3. The van der Waals surface area contributed by atoms with Crippen molar-refractivity contribution in [1.29, 1.82) is 5.26 Å². The third-order valence-electron chi connectivity index (χ3n) is 2.30. The monoisotopic (exact) mass is 249 g/mol. The minimum Gasteiger partial charge on any atom is -0.494 e. The Morgan fingerprint density at radius 2 is 2.18 bits per heavy atom. The van der Waals surface area contributed by atoms with Gasteiger partial charge in [0.15, 0.2) is 0 Å². The largest absolute Gasteiger partial charge is 0.494 e. The fraction of sp³-hybridized carbons (Fsp3) is 0.500. The van der Waals surface area contributed by atoms with Crippen LogP contribution < -0.4 is 4.74 Å². The number of nitriles is 1. The first kappa shape index (κ1) is 13.9. The molecule has 2 nitrogen and oxygen atoms in total. The molecule has 92 valence electrons. The third kappa shape index (κ3) is 6.91. The van der Waals surface area contributed by atoms with Gasteiger partial charge in [-0.3, -0.25) is 0 Å². The van der Waals surface area contributed by atoms with Crippen LogP contribution in [0.3, 0.4) is 0 Å². The van der Waals surface area contributed by atoms with Gasteiger partial charge in [0.1, 0.15) is 5.75 Å². The molecule has 17 heavy (non-hydrogen) atoms. The molecule has 0 saturated carbocycles. The molecule has 0 unspecified atom stereocenters. The van der Waals surface area contributed by atoms with Crippen LogP contribution in [0.15, 0.2) is 24.3 Å². The van der Waals surface area contributed by atoms with Gasteiger partial charge < -0.3 is 4.74 Å². The van der Waals surface area contributed by atoms with Crippen LogP contribution in [-0.2, 0) is 0 Å². The summed E-state index contributed by atoms with van der Waals surface area (Å²) in [4.78, 5) is 0. The lowest BCUT2D eigenvalue weighted by molar-refractivity contribution is 0.309. The molecule has 0 N–H and O–H groups in total. The van der Waals surface area contributed by atoms with Crippen LogP contribution in [0.25, 0.3) is 0 Å². The van der Waals surface area contributed by atoms with Crippen molar-refractivity contribution in [3.63, 3.8) is 0 Å². The van der Waals surface area contributed by atoms with Gasteiger partial charge in [0.05, 0.1) is 12.7 Å². The van der Waals surface area contributed by atoms with E-state index >= 15 is 0 Å². The predicted molar refractivity (Wildman–Crippen MR) is 73.5 cm³/mol. The molecule has 1 rings (SSSR count). The molecule has 0 aliphatic carbocycles. The average Bonchev–Trinajstić information content (AvgIpc) is 2.33. The van der Waals surface area contributed by atoms with Crippen molar-refractivity contribution in [2.24, 2.45) is 0 Å². The van der Waals surface area contributed by atoms with E-state index in [0.717, 1.165) is 36.7 Å². The molecule has 0 spiro atoms. The number of hydrogen-bond donors (Lipinski definition) is 0. The van der Waals surface area contributed by atoms with Gasteiger partial charge in [0.25, 0.3) is 0 Å². The van der Waals surface area contributed by atoms with Crippen LogP contribution in [-0.4, -0.2) is 18.1 Å². The van der Waals surface area contributed by atoms with Crippen molar-refractivity contribution in [3.05, 3.63) is 29.8 Å². The molecular formula is C14H19NOS. The summed E-state index contributed by atoms with van der Waals surface area (Å²) in [7, 11) is 0. The number of hydrogen-bond acceptors (Lipinski definition) is 3. The van der Waals surface area contributed by atoms with Crippen molar-refractivity contribution in [2.75, 3.05) is 18.1 Å². The molecule has 0 fully saturated rings. The van der Waals surface area contributed by atoms with Gasteiger partial charge in [-0.2, -0.15) is 17.0 Å². The lowest BCUT2D eigenvalue weighted by Gasteiger charge is -2.06. The molecule has 0 heterocycles. The summed E-state index contributed by atoms with van der Waals surface area (Å²) in [5.41, 5.74) is 1.23. The maximum Gasteiger partial charge on any atom is 0.119 e. The highest BCUT2D eigenvalue weighted by molar-refractivity contribution is 7.99. The summed E-state index contributed by atoms with van der Waals surface area (Å²) in [6.45, 7) is 2.85. The fourth-order valence-corrected chi connectivity index (χ4v) is 2.27. The first-order chi connectivity index (χ1) is 8.33. The lowest BCUT2D eigenvalue weighted by atomic mass is 10.2. The summed E-state index contributed by atoms with van der Waals surface area (Å²) in [6.07, 6.45) is 2.89. The van der Waals surface area contributed by atoms with E-state index in [0.29, 0.717) is 6.42 Å². The Labute approximate surface area is 108 Å². The number of nitrogens with zero attached hydrogens (tertiary/aromatic N) is 1. The molecule has 0 saturated heterocycles. The highest BCUT2D eigenvalue weighted by Gasteiger charge is 1.94. The van der Waals surface area contributed by atoms with E-state index in [1.165, 1.54) is 5.56 Å². The van der Waals surface area contributed by atoms with Crippen LogP contribution in [0.2, 0.25) is 0 Å². The van der Waals surface area contributed by atoms with Gasteiger partial charge >= 0.3 is 0 Å². The first-order valence-corrected chi connectivity index (χ1v) is 7.12. The van der Waals surface area contributed by atoms with Crippen molar-refractivity contribution in [3.8, 4) is 11.8 Å². The first-order valence-electron chi connectivity index (χ1n) is 5.97. The minimum absolute atomic E-state index is 0.657. The number of aryl methyl sites for hydroxylation is 1. The van der Waals surface area contributed by atoms with Crippen LogP contribution in [0.1, 0.15) is 24.8 Å². The second kappa shape index (κ2) is 8.95. The minimum atomic E-state index is 0.657. The summed E-state index contributed by atoms with van der Waals surface area (Å²) < 4.78 is 5.65. The maximum absolute atomic E-state index is 8.37. The zero-order valence-corrected chi connectivity index (χ0v) is 11.1. The molecule has 3 heteroatoms. The highest BCUT2D eigenvalue weighted by atomic mass is 32.2. The van der Waals surface area contributed by atoms with E-state index in [1.54, 1.807) is 0 Å². The van der Waals surface area contributed by atoms with E-state index < -0.39 is 0 Å². The number of unbranched alkanes of at least 4 members (excludes halogenated alkanes) is 1. The summed E-state index contributed by atoms with van der Waals surface area (Å²) in [5.74, 6) is 3.04. The van der Waals surface area contributed by atoms with E-state index in [1.807, 2.05) is 23.9 Å². The van der Waals surface area contributed by atoms with E-state index in [2.05, 4.69) is 25.1 Å². The van der Waals surface area contributed by atoms with E-state index in [-0.39, 0.29) is 0 Å². The SMILES string of the molecule is Cc1cccc(OCCCCSCCC#N)c1. The average molecular weight is 249 g/mol. The van der Waals surface area contributed by atoms with Crippen molar-refractivity contribution >= 4 is 11.8 Å². The molecular weight excluding hydrogens is 230 g/mol. The molecule has 0 atom stereocenters. The Bertz CT molecular complexity index is 359. The molecule has 0 bridgehead atoms. The molecule has 0 amide bonds. The van der Waals surface area contributed by atoms with Gasteiger partial charge in [-0.05, 0) is 43.2 Å². The van der Waals surface area contributed by atoms with Gasteiger partial charge in [0.2, 0.25) is 0 Å². The Kier molecular flexibility index (Phi) is 7.33. The van der Waals surface area contributed by atoms with Gasteiger partial charge in [-0.15, -0.1) is 0 Å². The summed E-state index contributed by atoms with van der Waals surface area (Å²) in [6, 6.07) is 10.3. The lowest BCUT2D eigenvalue weighted by Crippen LogP contribution is -1.98. The highest BCUT2D eigenvalue weighted by Crippen LogP contribution is 2.13. The quantitative estimate of drug-likeness (QED) is 0.657. The van der Waals surface area contributed by atoms with Crippen molar-refractivity contribution in [1.82, 2.24) is 0 Å². The number of rotatable bonds is 8. The normalized spacial score (nSPS) is 9.88. The Hall–Kier alpha value is -1.14. The smallest absolute Gasteiger partial charge is 0.119 e. The Balaban J connectivity index is 1.99. The van der Waals surface area contributed by atoms with Crippen molar-refractivity contribution in [2.45, 2.75) is 26.2 Å². The summed E-state index contributed by atoms with van der Waals surface area (Å²) >= 11 is 1.85. The molecule has 0 aliphatic heterocycles. The second-order valence-corrected chi connectivity index (χ2v) is 5.12. The molecule has 0 aliphatic rings. The van der Waals surface area contributed by atoms with Crippen LogP contribution >= 0.6 is 11.8 Å². The molecule has 0 aromatic heterocycles. The molecule has 1 aromatic carbocycles. The second-order valence-electron chi connectivity index (χ2n) is 3.89. The maximum atomic E-state index is 8.37. The van der Waals surface area contributed by atoms with E-state index in [4.69, 9.17) is 10.00 Å². The summed E-state index contributed by atoms with van der Waals surface area (Å²) in [5, 5.41) is 8.37. The predicted octanol–water partition coefficient (Wildman–Crippen LogP) is 3.80. The third-order valence-corrected chi connectivity index (χ3v) is 3.37. The molecule has 1 aromatic rings. The van der Waals surface area contributed by atoms with Crippen LogP contribution in [0.5, 0.6) is 5.75 Å². The van der Waals surface area contributed by atoms with Crippen LogP contribution in [0, 0.1) is 18.3 Å². The number of ether oxygens (including phenoxy) is 1. The molecule has 0 radical (unpaired) electrons. The van der Waals surface area contributed by atoms with Crippen molar-refractivity contribution < 1.29 is 4.74 Å². The van der Waals surface area contributed by atoms with Gasteiger partial charge in [-0.25, -0.2) is 0 Å². The number of benzene rings is 1.